The highest BCUT2D eigenvalue weighted by Crippen LogP contribution is 2.41. The second-order valence-corrected chi connectivity index (χ2v) is 8.61. The Hall–Kier alpha value is -2.02. The number of halogens is 1. The SMILES string of the molecule is CC(C)(C)OC(=O)N1CC2(Nc3nc4nc(Cl)ccc4o3)CCC1CC2. The topological polar surface area (TPSA) is 80.5 Å². The molecule has 1 aliphatic carbocycles. The number of aromatic nitrogens is 2. The Morgan fingerprint density at radius 3 is 2.77 bits per heavy atom. The van der Waals surface area contributed by atoms with Crippen molar-refractivity contribution >= 4 is 34.9 Å². The van der Waals surface area contributed by atoms with Crippen LogP contribution in [0.4, 0.5) is 10.8 Å². The molecule has 0 radical (unpaired) electrons. The van der Waals surface area contributed by atoms with Crippen LogP contribution in [-0.2, 0) is 4.74 Å². The van der Waals surface area contributed by atoms with Crippen LogP contribution >= 0.6 is 11.6 Å². The van der Waals surface area contributed by atoms with Crippen LogP contribution in [0.2, 0.25) is 5.15 Å². The predicted molar refractivity (Wildman–Crippen MR) is 98.4 cm³/mol. The molecule has 1 amide bonds. The molecule has 0 aromatic carbocycles. The molecule has 2 aromatic heterocycles. The van der Waals surface area contributed by atoms with Crippen molar-refractivity contribution < 1.29 is 13.9 Å². The van der Waals surface area contributed by atoms with Gasteiger partial charge < -0.3 is 19.4 Å². The molecule has 4 heterocycles. The van der Waals surface area contributed by atoms with Crippen molar-refractivity contribution in [2.24, 2.45) is 0 Å². The molecule has 3 aliphatic rings. The maximum Gasteiger partial charge on any atom is 0.410 e. The lowest BCUT2D eigenvalue weighted by atomic mass is 9.74. The lowest BCUT2D eigenvalue weighted by Gasteiger charge is -2.52. The predicted octanol–water partition coefficient (Wildman–Crippen LogP) is 4.22. The Morgan fingerprint density at radius 2 is 2.08 bits per heavy atom. The molecule has 1 N–H and O–H groups in total. The standard InChI is InChI=1S/C18H23ClN4O3/c1-17(2,3)26-16(24)23-10-18(8-6-11(23)7-9-18)22-15-21-14-12(25-15)4-5-13(19)20-14/h4-5,11H,6-10H2,1-3H3,(H,20,21,22). The normalized spacial score (nSPS) is 25.5. The first-order valence-corrected chi connectivity index (χ1v) is 9.32. The summed E-state index contributed by atoms with van der Waals surface area (Å²) in [6.45, 7) is 6.24. The van der Waals surface area contributed by atoms with Crippen LogP contribution in [0.5, 0.6) is 0 Å². The molecule has 2 aliphatic heterocycles. The minimum absolute atomic E-state index is 0.248. The third-order valence-corrected chi connectivity index (χ3v) is 5.26. The van der Waals surface area contributed by atoms with Gasteiger partial charge >= 0.3 is 6.09 Å². The van der Waals surface area contributed by atoms with E-state index in [4.69, 9.17) is 20.8 Å². The number of anilines is 1. The Morgan fingerprint density at radius 1 is 1.35 bits per heavy atom. The summed E-state index contributed by atoms with van der Waals surface area (Å²) >= 11 is 5.92. The number of hydrogen-bond donors (Lipinski definition) is 1. The van der Waals surface area contributed by atoms with Crippen molar-refractivity contribution in [3.05, 3.63) is 17.3 Å². The zero-order valence-electron chi connectivity index (χ0n) is 15.2. The molecule has 0 unspecified atom stereocenters. The second kappa shape index (κ2) is 6.01. The van der Waals surface area contributed by atoms with Gasteiger partial charge in [0.2, 0.25) is 5.65 Å². The third kappa shape index (κ3) is 3.32. The van der Waals surface area contributed by atoms with Crippen LogP contribution in [0.25, 0.3) is 11.2 Å². The lowest BCUT2D eigenvalue weighted by Crippen LogP contribution is -2.63. The summed E-state index contributed by atoms with van der Waals surface area (Å²) in [6.07, 6.45) is 3.56. The van der Waals surface area contributed by atoms with Gasteiger partial charge in [-0.05, 0) is 58.6 Å². The fourth-order valence-electron chi connectivity index (χ4n) is 3.85. The summed E-state index contributed by atoms with van der Waals surface area (Å²) in [7, 11) is 0. The van der Waals surface area contributed by atoms with Crippen molar-refractivity contribution in [3.8, 4) is 0 Å². The average Bonchev–Trinajstić information content (AvgIpc) is 2.94. The van der Waals surface area contributed by atoms with E-state index in [9.17, 15) is 4.79 Å². The van der Waals surface area contributed by atoms with E-state index in [1.54, 1.807) is 12.1 Å². The summed E-state index contributed by atoms with van der Waals surface area (Å²) < 4.78 is 11.3. The lowest BCUT2D eigenvalue weighted by molar-refractivity contribution is -0.0155. The number of amides is 1. The molecule has 1 saturated carbocycles. The number of ether oxygens (including phenoxy) is 1. The Balaban J connectivity index is 1.54. The van der Waals surface area contributed by atoms with Gasteiger partial charge in [0.1, 0.15) is 10.8 Å². The summed E-state index contributed by atoms with van der Waals surface area (Å²) in [5.74, 6) is 0. The number of pyridine rings is 1. The minimum Gasteiger partial charge on any atom is -0.444 e. The number of nitrogens with one attached hydrogen (secondary N) is 1. The number of carbonyl (C=O) groups is 1. The molecule has 2 saturated heterocycles. The number of hydrogen-bond acceptors (Lipinski definition) is 6. The molecule has 0 spiro atoms. The van der Waals surface area contributed by atoms with E-state index in [1.165, 1.54) is 0 Å². The molecule has 7 nitrogen and oxygen atoms in total. The molecule has 2 aromatic rings. The van der Waals surface area contributed by atoms with Gasteiger partial charge in [-0.1, -0.05) is 11.6 Å². The number of oxazole rings is 1. The van der Waals surface area contributed by atoms with E-state index in [-0.39, 0.29) is 17.7 Å². The number of rotatable bonds is 2. The van der Waals surface area contributed by atoms with Crippen molar-refractivity contribution in [2.75, 3.05) is 11.9 Å². The van der Waals surface area contributed by atoms with Crippen LogP contribution < -0.4 is 5.32 Å². The third-order valence-electron chi connectivity index (χ3n) is 5.05. The molecule has 26 heavy (non-hydrogen) atoms. The molecule has 8 heteroatoms. The largest absolute Gasteiger partial charge is 0.444 e. The highest BCUT2D eigenvalue weighted by molar-refractivity contribution is 6.29. The molecular formula is C18H23ClN4O3. The van der Waals surface area contributed by atoms with Crippen molar-refractivity contribution in [1.82, 2.24) is 14.9 Å². The highest BCUT2D eigenvalue weighted by Gasteiger charge is 2.48. The Labute approximate surface area is 157 Å². The number of nitrogens with zero attached hydrogens (tertiary/aromatic N) is 3. The minimum atomic E-state index is -0.500. The van der Waals surface area contributed by atoms with E-state index in [1.807, 2.05) is 25.7 Å². The maximum absolute atomic E-state index is 12.6. The van der Waals surface area contributed by atoms with Crippen molar-refractivity contribution in [1.29, 1.82) is 0 Å². The zero-order valence-corrected chi connectivity index (χ0v) is 16.0. The molecular weight excluding hydrogens is 356 g/mol. The molecule has 140 valence electrons. The summed E-state index contributed by atoms with van der Waals surface area (Å²) in [6, 6.07) is 4.09. The van der Waals surface area contributed by atoms with E-state index < -0.39 is 5.60 Å². The van der Waals surface area contributed by atoms with Crippen molar-refractivity contribution in [2.45, 2.75) is 63.6 Å². The van der Waals surface area contributed by atoms with E-state index in [0.29, 0.717) is 28.9 Å². The smallest absolute Gasteiger partial charge is 0.410 e. The average molecular weight is 379 g/mol. The van der Waals surface area contributed by atoms with Crippen molar-refractivity contribution in [3.63, 3.8) is 0 Å². The van der Waals surface area contributed by atoms with E-state index >= 15 is 0 Å². The van der Waals surface area contributed by atoms with Gasteiger partial charge in [-0.3, -0.25) is 0 Å². The number of piperidine rings is 2. The first-order chi connectivity index (χ1) is 12.2. The fourth-order valence-corrected chi connectivity index (χ4v) is 4.00. The first kappa shape index (κ1) is 17.4. The molecule has 2 bridgehead atoms. The monoisotopic (exact) mass is 378 g/mol. The fraction of sp³-hybridized carbons (Fsp3) is 0.611. The van der Waals surface area contributed by atoms with Gasteiger partial charge in [0.05, 0.1) is 5.54 Å². The van der Waals surface area contributed by atoms with Gasteiger partial charge in [-0.15, -0.1) is 0 Å². The van der Waals surface area contributed by atoms with Crippen LogP contribution in [0.3, 0.4) is 0 Å². The van der Waals surface area contributed by atoms with Gasteiger partial charge in [-0.25, -0.2) is 9.78 Å². The highest BCUT2D eigenvalue weighted by atomic mass is 35.5. The van der Waals surface area contributed by atoms with Crippen LogP contribution in [-0.4, -0.2) is 44.7 Å². The maximum atomic E-state index is 12.6. The van der Waals surface area contributed by atoms with Gasteiger partial charge in [0, 0.05) is 12.6 Å². The van der Waals surface area contributed by atoms with Gasteiger partial charge in [-0.2, -0.15) is 4.98 Å². The molecule has 5 rings (SSSR count). The zero-order chi connectivity index (χ0) is 18.5. The number of fused-ring (bicyclic) bond motifs is 4. The Kier molecular flexibility index (Phi) is 4.02. The second-order valence-electron chi connectivity index (χ2n) is 8.22. The van der Waals surface area contributed by atoms with E-state index in [2.05, 4.69) is 15.3 Å². The quantitative estimate of drug-likeness (QED) is 0.788. The molecule has 3 fully saturated rings. The van der Waals surface area contributed by atoms with Gasteiger partial charge in [0.15, 0.2) is 5.58 Å². The summed E-state index contributed by atoms with van der Waals surface area (Å²) in [5.41, 5.74) is 0.308. The molecule has 0 atom stereocenters. The number of carbonyl (C=O) groups excluding carboxylic acids is 1. The van der Waals surface area contributed by atoms with Crippen LogP contribution in [0.1, 0.15) is 46.5 Å². The Bertz CT molecular complexity index is 837. The summed E-state index contributed by atoms with van der Waals surface area (Å²) in [4.78, 5) is 23.0. The van der Waals surface area contributed by atoms with E-state index in [0.717, 1.165) is 25.7 Å². The van der Waals surface area contributed by atoms with Gasteiger partial charge in [0.25, 0.3) is 6.01 Å². The first-order valence-electron chi connectivity index (χ1n) is 8.94. The summed E-state index contributed by atoms with van der Waals surface area (Å²) in [5, 5.41) is 3.81. The van der Waals surface area contributed by atoms with Crippen LogP contribution in [0, 0.1) is 0 Å². The van der Waals surface area contributed by atoms with Crippen LogP contribution in [0.15, 0.2) is 16.5 Å².